The predicted octanol–water partition coefficient (Wildman–Crippen LogP) is 0.553. The Morgan fingerprint density at radius 1 is 1.53 bits per heavy atom. The Balaban J connectivity index is 2.29. The standard InChI is InChI=1S/C13H18N2O4/c1-8-5-15(6-10(7-16)19-8)12-4-9(13(17)18)2-3-11(12)14/h2-4,8,10,16H,5-7,14H2,1H3,(H,17,18). The van der Waals surface area contributed by atoms with Crippen molar-refractivity contribution in [3.63, 3.8) is 0 Å². The number of carboxylic acid groups (broad SMARTS) is 1. The normalized spacial score (nSPS) is 23.4. The number of morpholine rings is 1. The Labute approximate surface area is 111 Å². The molecule has 1 saturated heterocycles. The lowest BCUT2D eigenvalue weighted by Crippen LogP contribution is -2.48. The van der Waals surface area contributed by atoms with Gasteiger partial charge in [0.05, 0.1) is 35.8 Å². The Bertz CT molecular complexity index is 478. The number of aliphatic hydroxyl groups is 1. The Kier molecular flexibility index (Phi) is 3.92. The van der Waals surface area contributed by atoms with E-state index in [1.54, 1.807) is 12.1 Å². The van der Waals surface area contributed by atoms with Gasteiger partial charge in [0.25, 0.3) is 0 Å². The van der Waals surface area contributed by atoms with E-state index in [2.05, 4.69) is 0 Å². The van der Waals surface area contributed by atoms with Crippen LogP contribution in [-0.2, 0) is 4.74 Å². The molecule has 0 bridgehead atoms. The van der Waals surface area contributed by atoms with Gasteiger partial charge in [0.1, 0.15) is 0 Å². The van der Waals surface area contributed by atoms with Gasteiger partial charge in [0.15, 0.2) is 0 Å². The third-order valence-corrected chi connectivity index (χ3v) is 3.15. The van der Waals surface area contributed by atoms with Crippen LogP contribution in [0.3, 0.4) is 0 Å². The number of hydrogen-bond donors (Lipinski definition) is 3. The number of nitrogens with two attached hydrogens (primary N) is 1. The van der Waals surface area contributed by atoms with E-state index < -0.39 is 5.97 Å². The zero-order valence-electron chi connectivity index (χ0n) is 10.7. The van der Waals surface area contributed by atoms with Crippen molar-refractivity contribution >= 4 is 17.3 Å². The van der Waals surface area contributed by atoms with E-state index in [1.807, 2.05) is 11.8 Å². The highest BCUT2D eigenvalue weighted by Gasteiger charge is 2.26. The quantitative estimate of drug-likeness (QED) is 0.692. The van der Waals surface area contributed by atoms with Gasteiger partial charge in [-0.2, -0.15) is 0 Å². The second kappa shape index (κ2) is 5.46. The molecule has 1 heterocycles. The minimum Gasteiger partial charge on any atom is -0.478 e. The summed E-state index contributed by atoms with van der Waals surface area (Å²) in [4.78, 5) is 13.0. The SMILES string of the molecule is CC1CN(c2cc(C(=O)O)ccc2N)CC(CO)O1. The highest BCUT2D eigenvalue weighted by atomic mass is 16.5. The van der Waals surface area contributed by atoms with Gasteiger partial charge in [-0.25, -0.2) is 4.79 Å². The zero-order chi connectivity index (χ0) is 14.0. The monoisotopic (exact) mass is 266 g/mol. The lowest BCUT2D eigenvalue weighted by molar-refractivity contribution is -0.0420. The number of carboxylic acids is 1. The van der Waals surface area contributed by atoms with Gasteiger partial charge >= 0.3 is 5.97 Å². The van der Waals surface area contributed by atoms with Crippen molar-refractivity contribution in [2.45, 2.75) is 19.1 Å². The molecule has 1 aromatic rings. The Morgan fingerprint density at radius 2 is 2.26 bits per heavy atom. The fourth-order valence-corrected chi connectivity index (χ4v) is 2.29. The number of aromatic carboxylic acids is 1. The van der Waals surface area contributed by atoms with Crippen molar-refractivity contribution in [1.82, 2.24) is 0 Å². The molecule has 4 N–H and O–H groups in total. The van der Waals surface area contributed by atoms with Crippen molar-refractivity contribution in [2.75, 3.05) is 30.3 Å². The lowest BCUT2D eigenvalue weighted by Gasteiger charge is -2.38. The van der Waals surface area contributed by atoms with E-state index in [4.69, 9.17) is 15.6 Å². The molecule has 1 aromatic carbocycles. The van der Waals surface area contributed by atoms with E-state index in [-0.39, 0.29) is 24.4 Å². The molecule has 19 heavy (non-hydrogen) atoms. The maximum absolute atomic E-state index is 11.0. The van der Waals surface area contributed by atoms with Crippen LogP contribution in [-0.4, -0.2) is 48.1 Å². The molecule has 2 atom stereocenters. The van der Waals surface area contributed by atoms with E-state index >= 15 is 0 Å². The van der Waals surface area contributed by atoms with Gasteiger partial charge in [-0.1, -0.05) is 0 Å². The van der Waals surface area contributed by atoms with Crippen LogP contribution in [0.25, 0.3) is 0 Å². The number of nitrogens with zero attached hydrogens (tertiary/aromatic N) is 1. The number of hydrogen-bond acceptors (Lipinski definition) is 5. The molecule has 0 spiro atoms. The molecular formula is C13H18N2O4. The van der Waals surface area contributed by atoms with Crippen molar-refractivity contribution in [3.8, 4) is 0 Å². The molecule has 0 aromatic heterocycles. The number of carbonyl (C=O) groups is 1. The largest absolute Gasteiger partial charge is 0.478 e. The van der Waals surface area contributed by atoms with Crippen molar-refractivity contribution in [2.24, 2.45) is 0 Å². The van der Waals surface area contributed by atoms with Crippen LogP contribution in [0.15, 0.2) is 18.2 Å². The van der Waals surface area contributed by atoms with Gasteiger partial charge < -0.3 is 25.6 Å². The van der Waals surface area contributed by atoms with Crippen molar-refractivity contribution < 1.29 is 19.7 Å². The molecule has 104 valence electrons. The van der Waals surface area contributed by atoms with E-state index in [1.165, 1.54) is 6.07 Å². The molecule has 6 nitrogen and oxygen atoms in total. The van der Waals surface area contributed by atoms with Crippen LogP contribution in [0.4, 0.5) is 11.4 Å². The first-order valence-corrected chi connectivity index (χ1v) is 6.15. The van der Waals surface area contributed by atoms with Gasteiger partial charge in [-0.05, 0) is 25.1 Å². The summed E-state index contributed by atoms with van der Waals surface area (Å²) in [5.74, 6) is -0.985. The molecule has 2 unspecified atom stereocenters. The van der Waals surface area contributed by atoms with Crippen molar-refractivity contribution in [1.29, 1.82) is 0 Å². The first-order valence-electron chi connectivity index (χ1n) is 6.15. The Hall–Kier alpha value is -1.79. The summed E-state index contributed by atoms with van der Waals surface area (Å²) >= 11 is 0. The first kappa shape index (κ1) is 13.6. The molecule has 1 aliphatic rings. The van der Waals surface area contributed by atoms with Crippen LogP contribution in [0, 0.1) is 0 Å². The molecule has 0 saturated carbocycles. The van der Waals surface area contributed by atoms with Crippen molar-refractivity contribution in [3.05, 3.63) is 23.8 Å². The maximum Gasteiger partial charge on any atom is 0.335 e. The molecule has 1 fully saturated rings. The van der Waals surface area contributed by atoms with E-state index in [9.17, 15) is 9.90 Å². The number of aliphatic hydroxyl groups excluding tert-OH is 1. The second-order valence-corrected chi connectivity index (χ2v) is 4.74. The second-order valence-electron chi connectivity index (χ2n) is 4.74. The first-order chi connectivity index (χ1) is 9.01. The van der Waals surface area contributed by atoms with Gasteiger partial charge in [0.2, 0.25) is 0 Å². The summed E-state index contributed by atoms with van der Waals surface area (Å²) in [5.41, 5.74) is 7.31. The number of nitrogen functional groups attached to an aromatic ring is 1. The fourth-order valence-electron chi connectivity index (χ4n) is 2.29. The van der Waals surface area contributed by atoms with Crippen LogP contribution in [0.5, 0.6) is 0 Å². The third kappa shape index (κ3) is 2.97. The number of ether oxygens (including phenoxy) is 1. The predicted molar refractivity (Wildman–Crippen MR) is 71.4 cm³/mol. The zero-order valence-corrected chi connectivity index (χ0v) is 10.7. The summed E-state index contributed by atoms with van der Waals surface area (Å²) in [6.07, 6.45) is -0.324. The minimum absolute atomic E-state index is 0.0428. The van der Waals surface area contributed by atoms with E-state index in [0.717, 1.165) is 0 Å². The molecule has 6 heteroatoms. The van der Waals surface area contributed by atoms with E-state index in [0.29, 0.717) is 24.5 Å². The van der Waals surface area contributed by atoms with Crippen LogP contribution >= 0.6 is 0 Å². The summed E-state index contributed by atoms with van der Waals surface area (Å²) in [5, 5.41) is 18.2. The molecule has 0 aliphatic carbocycles. The average Bonchev–Trinajstić information content (AvgIpc) is 2.38. The molecule has 2 rings (SSSR count). The Morgan fingerprint density at radius 3 is 2.89 bits per heavy atom. The molecule has 0 amide bonds. The number of rotatable bonds is 3. The number of anilines is 2. The topological polar surface area (TPSA) is 96.0 Å². The molecule has 0 radical (unpaired) electrons. The van der Waals surface area contributed by atoms with Gasteiger partial charge in [-0.15, -0.1) is 0 Å². The smallest absolute Gasteiger partial charge is 0.335 e. The average molecular weight is 266 g/mol. The van der Waals surface area contributed by atoms with Gasteiger partial charge in [-0.3, -0.25) is 0 Å². The lowest BCUT2D eigenvalue weighted by atomic mass is 10.1. The van der Waals surface area contributed by atoms with Crippen LogP contribution < -0.4 is 10.6 Å². The molecular weight excluding hydrogens is 248 g/mol. The summed E-state index contributed by atoms with van der Waals surface area (Å²) in [7, 11) is 0. The fraction of sp³-hybridized carbons (Fsp3) is 0.462. The maximum atomic E-state index is 11.0. The highest BCUT2D eigenvalue weighted by Crippen LogP contribution is 2.27. The minimum atomic E-state index is -0.985. The summed E-state index contributed by atoms with van der Waals surface area (Å²) < 4.78 is 5.56. The van der Waals surface area contributed by atoms with Gasteiger partial charge in [0, 0.05) is 13.1 Å². The summed E-state index contributed by atoms with van der Waals surface area (Å²) in [6, 6.07) is 4.63. The summed E-state index contributed by atoms with van der Waals surface area (Å²) in [6.45, 7) is 2.95. The highest BCUT2D eigenvalue weighted by molar-refractivity contribution is 5.90. The number of benzene rings is 1. The third-order valence-electron chi connectivity index (χ3n) is 3.15. The van der Waals surface area contributed by atoms with Crippen LogP contribution in [0.1, 0.15) is 17.3 Å². The molecule has 1 aliphatic heterocycles. The van der Waals surface area contributed by atoms with Crippen LogP contribution in [0.2, 0.25) is 0 Å².